The van der Waals surface area contributed by atoms with Crippen LogP contribution in [0.4, 0.5) is 5.82 Å². The van der Waals surface area contributed by atoms with Crippen LogP contribution in [0, 0.1) is 0 Å². The molecule has 0 radical (unpaired) electrons. The molecule has 0 amide bonds. The zero-order chi connectivity index (χ0) is 18.4. The van der Waals surface area contributed by atoms with E-state index >= 15 is 0 Å². The third-order valence-corrected chi connectivity index (χ3v) is 4.87. The van der Waals surface area contributed by atoms with E-state index in [-0.39, 0.29) is 29.4 Å². The molecule has 0 spiro atoms. The molecule has 0 atom stereocenters. The van der Waals surface area contributed by atoms with E-state index in [0.717, 1.165) is 30.4 Å². The van der Waals surface area contributed by atoms with Gasteiger partial charge in [-0.2, -0.15) is 0 Å². The van der Waals surface area contributed by atoms with Gasteiger partial charge in [-0.15, -0.1) is 24.0 Å². The molecule has 6 heteroatoms. The van der Waals surface area contributed by atoms with E-state index in [0.29, 0.717) is 6.54 Å². The van der Waals surface area contributed by atoms with Crippen LogP contribution in [0.25, 0.3) is 0 Å². The van der Waals surface area contributed by atoms with Crippen LogP contribution in [0.3, 0.4) is 0 Å². The van der Waals surface area contributed by atoms with Gasteiger partial charge in [-0.3, -0.25) is 0 Å². The summed E-state index contributed by atoms with van der Waals surface area (Å²) in [7, 11) is 4.00. The predicted octanol–water partition coefficient (Wildman–Crippen LogP) is 3.55. The molecule has 1 heterocycles. The van der Waals surface area contributed by atoms with E-state index in [1.807, 2.05) is 31.3 Å². The molecule has 0 unspecified atom stereocenters. The number of benzene rings is 1. The molecule has 0 saturated heterocycles. The molecule has 3 rings (SSSR count). The number of aliphatic imine (C=N–C) groups is 1. The van der Waals surface area contributed by atoms with Gasteiger partial charge in [0.2, 0.25) is 0 Å². The lowest BCUT2D eigenvalue weighted by Gasteiger charge is -2.19. The van der Waals surface area contributed by atoms with Gasteiger partial charge in [-0.1, -0.05) is 30.3 Å². The number of hydrogen-bond acceptors (Lipinski definition) is 3. The molecule has 1 aromatic heterocycles. The summed E-state index contributed by atoms with van der Waals surface area (Å²) in [6.45, 7) is 4.50. The molecule has 0 bridgehead atoms. The second-order valence-electron chi connectivity index (χ2n) is 7.11. The van der Waals surface area contributed by atoms with Crippen molar-refractivity contribution in [3.63, 3.8) is 0 Å². The Balaban J connectivity index is 0.00000261. The molecular formula is C21H30IN5. The van der Waals surface area contributed by atoms with Gasteiger partial charge in [-0.05, 0) is 43.0 Å². The summed E-state index contributed by atoms with van der Waals surface area (Å²) >= 11 is 0. The van der Waals surface area contributed by atoms with Gasteiger partial charge in [0.25, 0.3) is 0 Å². The van der Waals surface area contributed by atoms with Crippen LogP contribution in [-0.2, 0) is 12.0 Å². The average molecular weight is 479 g/mol. The SMILES string of the molecule is CCNC(=NCc1ccnc(N(C)C)c1)NCC1(c2ccccc2)CC1.I. The zero-order valence-electron chi connectivity index (χ0n) is 16.4. The molecule has 1 aromatic carbocycles. The third kappa shape index (κ3) is 5.82. The Hall–Kier alpha value is -1.83. The highest BCUT2D eigenvalue weighted by Crippen LogP contribution is 2.47. The van der Waals surface area contributed by atoms with Gasteiger partial charge >= 0.3 is 0 Å². The minimum absolute atomic E-state index is 0. The van der Waals surface area contributed by atoms with E-state index in [9.17, 15) is 0 Å². The summed E-state index contributed by atoms with van der Waals surface area (Å²) in [5.74, 6) is 1.83. The first-order valence-electron chi connectivity index (χ1n) is 9.33. The summed E-state index contributed by atoms with van der Waals surface area (Å²) in [6, 6.07) is 14.9. The molecule has 0 aliphatic heterocycles. The smallest absolute Gasteiger partial charge is 0.191 e. The van der Waals surface area contributed by atoms with Crippen LogP contribution in [0.15, 0.2) is 53.7 Å². The van der Waals surface area contributed by atoms with Crippen molar-refractivity contribution in [2.75, 3.05) is 32.1 Å². The van der Waals surface area contributed by atoms with Gasteiger partial charge in [0.05, 0.1) is 6.54 Å². The number of halogens is 1. The second-order valence-corrected chi connectivity index (χ2v) is 7.11. The summed E-state index contributed by atoms with van der Waals surface area (Å²) in [5, 5.41) is 6.90. The van der Waals surface area contributed by atoms with Crippen molar-refractivity contribution in [2.45, 2.75) is 31.7 Å². The first kappa shape index (κ1) is 21.5. The molecule has 1 aliphatic carbocycles. The van der Waals surface area contributed by atoms with Gasteiger partial charge in [0.1, 0.15) is 5.82 Å². The van der Waals surface area contributed by atoms with Gasteiger partial charge in [0, 0.05) is 38.8 Å². The number of aromatic nitrogens is 1. The minimum atomic E-state index is 0. The standard InChI is InChI=1S/C21H29N5.HI/c1-4-22-20(24-15-17-10-13-23-19(14-17)26(2)3)25-16-21(11-12-21)18-8-6-5-7-9-18;/h5-10,13-14H,4,11-12,15-16H2,1-3H3,(H2,22,24,25);1H. The van der Waals surface area contributed by atoms with Crippen LogP contribution in [0.2, 0.25) is 0 Å². The van der Waals surface area contributed by atoms with Gasteiger partial charge < -0.3 is 15.5 Å². The van der Waals surface area contributed by atoms with E-state index in [4.69, 9.17) is 4.99 Å². The summed E-state index contributed by atoms with van der Waals surface area (Å²) < 4.78 is 0. The van der Waals surface area contributed by atoms with Crippen LogP contribution >= 0.6 is 24.0 Å². The molecule has 27 heavy (non-hydrogen) atoms. The summed E-state index contributed by atoms with van der Waals surface area (Å²) in [4.78, 5) is 11.1. The maximum absolute atomic E-state index is 4.76. The highest BCUT2D eigenvalue weighted by atomic mass is 127. The maximum atomic E-state index is 4.76. The second kappa shape index (κ2) is 9.92. The van der Waals surface area contributed by atoms with Crippen molar-refractivity contribution in [3.8, 4) is 0 Å². The number of nitrogens with zero attached hydrogens (tertiary/aromatic N) is 3. The summed E-state index contributed by atoms with van der Waals surface area (Å²) in [5.41, 5.74) is 2.85. The summed E-state index contributed by atoms with van der Waals surface area (Å²) in [6.07, 6.45) is 4.31. The quantitative estimate of drug-likeness (QED) is 0.363. The van der Waals surface area contributed by atoms with Crippen LogP contribution in [-0.4, -0.2) is 38.1 Å². The van der Waals surface area contributed by atoms with Crippen molar-refractivity contribution in [3.05, 3.63) is 59.8 Å². The predicted molar refractivity (Wildman–Crippen MR) is 124 cm³/mol. The van der Waals surface area contributed by atoms with Crippen molar-refractivity contribution < 1.29 is 0 Å². The number of rotatable bonds is 7. The van der Waals surface area contributed by atoms with Crippen molar-refractivity contribution >= 4 is 35.8 Å². The largest absolute Gasteiger partial charge is 0.363 e. The van der Waals surface area contributed by atoms with E-state index in [1.54, 1.807) is 0 Å². The molecule has 1 aliphatic rings. The first-order chi connectivity index (χ1) is 12.6. The lowest BCUT2D eigenvalue weighted by molar-refractivity contribution is 0.646. The molecule has 1 saturated carbocycles. The Morgan fingerprint density at radius 3 is 2.52 bits per heavy atom. The Morgan fingerprint density at radius 1 is 1.15 bits per heavy atom. The molecule has 2 N–H and O–H groups in total. The minimum Gasteiger partial charge on any atom is -0.363 e. The highest BCUT2D eigenvalue weighted by Gasteiger charge is 2.43. The Morgan fingerprint density at radius 2 is 1.89 bits per heavy atom. The number of nitrogens with one attached hydrogen (secondary N) is 2. The average Bonchev–Trinajstić information content (AvgIpc) is 3.46. The van der Waals surface area contributed by atoms with Crippen molar-refractivity contribution in [1.29, 1.82) is 0 Å². The number of guanidine groups is 1. The number of pyridine rings is 1. The van der Waals surface area contributed by atoms with Crippen LogP contribution < -0.4 is 15.5 Å². The van der Waals surface area contributed by atoms with Crippen LogP contribution in [0.1, 0.15) is 30.9 Å². The molecular weight excluding hydrogens is 449 g/mol. The topological polar surface area (TPSA) is 52.6 Å². The normalized spacial score (nSPS) is 14.9. The molecule has 1 fully saturated rings. The number of hydrogen-bond donors (Lipinski definition) is 2. The fourth-order valence-corrected chi connectivity index (χ4v) is 3.08. The van der Waals surface area contributed by atoms with E-state index < -0.39 is 0 Å². The fourth-order valence-electron chi connectivity index (χ4n) is 3.08. The van der Waals surface area contributed by atoms with Gasteiger partial charge in [-0.25, -0.2) is 9.98 Å². The first-order valence-corrected chi connectivity index (χ1v) is 9.33. The highest BCUT2D eigenvalue weighted by molar-refractivity contribution is 14.0. The molecule has 2 aromatic rings. The van der Waals surface area contributed by atoms with Crippen LogP contribution in [0.5, 0.6) is 0 Å². The number of anilines is 1. The Labute approximate surface area is 179 Å². The van der Waals surface area contributed by atoms with E-state index in [1.165, 1.54) is 18.4 Å². The third-order valence-electron chi connectivity index (χ3n) is 4.87. The fraction of sp³-hybridized carbons (Fsp3) is 0.429. The van der Waals surface area contributed by atoms with E-state index in [2.05, 4.69) is 58.9 Å². The maximum Gasteiger partial charge on any atom is 0.191 e. The Bertz CT molecular complexity index is 741. The monoisotopic (exact) mass is 479 g/mol. The molecule has 146 valence electrons. The van der Waals surface area contributed by atoms with Crippen molar-refractivity contribution in [1.82, 2.24) is 15.6 Å². The lowest BCUT2D eigenvalue weighted by Crippen LogP contribution is -2.41. The lowest BCUT2D eigenvalue weighted by atomic mass is 9.96. The molecule has 5 nitrogen and oxygen atoms in total. The van der Waals surface area contributed by atoms with Gasteiger partial charge in [0.15, 0.2) is 5.96 Å². The zero-order valence-corrected chi connectivity index (χ0v) is 18.7. The van der Waals surface area contributed by atoms with Crippen molar-refractivity contribution in [2.24, 2.45) is 4.99 Å². The Kier molecular flexibility index (Phi) is 7.89.